The topological polar surface area (TPSA) is 66.4 Å². The lowest BCUT2D eigenvalue weighted by atomic mass is 9.97. The normalized spacial score (nSPS) is 27.8. The number of hydrogen-bond donors (Lipinski definition) is 2. The number of aliphatic carboxylic acids is 1. The number of benzene rings is 1. The number of amides is 1. The zero-order chi connectivity index (χ0) is 15.1. The molecule has 0 aromatic heterocycles. The van der Waals surface area contributed by atoms with Crippen molar-refractivity contribution in [3.05, 3.63) is 34.9 Å². The van der Waals surface area contributed by atoms with Gasteiger partial charge >= 0.3 is 5.97 Å². The number of aryl methyl sites for hydroxylation is 1. The van der Waals surface area contributed by atoms with Crippen LogP contribution in [0, 0.1) is 31.6 Å². The summed E-state index contributed by atoms with van der Waals surface area (Å²) >= 11 is 0. The van der Waals surface area contributed by atoms with E-state index in [2.05, 4.69) is 5.32 Å². The van der Waals surface area contributed by atoms with Crippen LogP contribution in [0.1, 0.15) is 42.0 Å². The lowest BCUT2D eigenvalue weighted by molar-refractivity contribution is -0.142. The second-order valence-corrected chi connectivity index (χ2v) is 6.35. The molecule has 0 saturated heterocycles. The molecule has 21 heavy (non-hydrogen) atoms. The molecular formula is C17H21NO3. The van der Waals surface area contributed by atoms with Gasteiger partial charge in [0, 0.05) is 5.92 Å². The minimum atomic E-state index is -0.997. The maximum absolute atomic E-state index is 12.3. The van der Waals surface area contributed by atoms with E-state index in [9.17, 15) is 14.7 Å². The highest BCUT2D eigenvalue weighted by Gasteiger charge is 2.56. The molecule has 0 spiro atoms. The second kappa shape index (κ2) is 5.17. The summed E-state index contributed by atoms with van der Waals surface area (Å²) in [5.74, 6) is -0.0392. The van der Waals surface area contributed by atoms with Crippen LogP contribution in [-0.2, 0) is 9.59 Å². The van der Waals surface area contributed by atoms with Gasteiger partial charge in [0.2, 0.25) is 5.91 Å². The van der Waals surface area contributed by atoms with Crippen LogP contribution in [-0.4, -0.2) is 17.0 Å². The van der Waals surface area contributed by atoms with Crippen LogP contribution < -0.4 is 5.32 Å². The first-order valence-electron chi connectivity index (χ1n) is 7.60. The van der Waals surface area contributed by atoms with Crippen molar-refractivity contribution in [1.82, 2.24) is 5.32 Å². The van der Waals surface area contributed by atoms with E-state index in [0.29, 0.717) is 17.4 Å². The van der Waals surface area contributed by atoms with Crippen molar-refractivity contribution < 1.29 is 14.7 Å². The largest absolute Gasteiger partial charge is 0.479 e. The van der Waals surface area contributed by atoms with E-state index < -0.39 is 12.0 Å². The number of carboxylic acid groups (broad SMARTS) is 1. The highest BCUT2D eigenvalue weighted by Crippen LogP contribution is 2.57. The molecule has 1 aromatic rings. The highest BCUT2D eigenvalue weighted by atomic mass is 16.4. The van der Waals surface area contributed by atoms with Crippen molar-refractivity contribution in [2.75, 3.05) is 0 Å². The maximum atomic E-state index is 12.3. The van der Waals surface area contributed by atoms with E-state index in [-0.39, 0.29) is 11.8 Å². The van der Waals surface area contributed by atoms with Crippen LogP contribution in [0.5, 0.6) is 0 Å². The monoisotopic (exact) mass is 287 g/mol. The molecule has 4 heteroatoms. The summed E-state index contributed by atoms with van der Waals surface area (Å²) in [6.45, 7) is 3.85. The Labute approximate surface area is 124 Å². The Bertz CT molecular complexity index is 586. The van der Waals surface area contributed by atoms with Gasteiger partial charge in [0.1, 0.15) is 0 Å². The van der Waals surface area contributed by atoms with E-state index in [1.54, 1.807) is 6.07 Å². The predicted octanol–water partition coefficient (Wildman–Crippen LogP) is 2.59. The molecule has 2 saturated carbocycles. The van der Waals surface area contributed by atoms with Gasteiger partial charge in [0.05, 0.1) is 0 Å². The van der Waals surface area contributed by atoms with Gasteiger partial charge in [-0.2, -0.15) is 0 Å². The molecule has 2 aliphatic rings. The molecule has 112 valence electrons. The molecule has 0 bridgehead atoms. The van der Waals surface area contributed by atoms with Crippen LogP contribution in [0.25, 0.3) is 0 Å². The summed E-state index contributed by atoms with van der Waals surface area (Å²) in [7, 11) is 0. The Morgan fingerprint density at radius 2 is 1.90 bits per heavy atom. The maximum Gasteiger partial charge on any atom is 0.330 e. The molecule has 3 unspecified atom stereocenters. The van der Waals surface area contributed by atoms with Crippen LogP contribution >= 0.6 is 0 Å². The molecule has 3 rings (SSSR count). The zero-order valence-electron chi connectivity index (χ0n) is 12.4. The summed E-state index contributed by atoms with van der Waals surface area (Å²) in [6.07, 6.45) is 3.44. The Balaban J connectivity index is 1.78. The summed E-state index contributed by atoms with van der Waals surface area (Å²) in [4.78, 5) is 23.9. The fraction of sp³-hybridized carbons (Fsp3) is 0.529. The third kappa shape index (κ3) is 2.43. The smallest absolute Gasteiger partial charge is 0.330 e. The second-order valence-electron chi connectivity index (χ2n) is 6.35. The van der Waals surface area contributed by atoms with Gasteiger partial charge in [-0.05, 0) is 55.2 Å². The average molecular weight is 287 g/mol. The lowest BCUT2D eigenvalue weighted by Crippen LogP contribution is -2.36. The third-order valence-electron chi connectivity index (χ3n) is 5.20. The SMILES string of the molecule is Cc1cccc(C(NC(=O)C2C3CCCC32)C(=O)O)c1C. The van der Waals surface area contributed by atoms with Gasteiger partial charge in [-0.1, -0.05) is 24.6 Å². The van der Waals surface area contributed by atoms with Crippen LogP contribution in [0.15, 0.2) is 18.2 Å². The van der Waals surface area contributed by atoms with Crippen LogP contribution in [0.3, 0.4) is 0 Å². The van der Waals surface area contributed by atoms with Gasteiger partial charge in [0.15, 0.2) is 6.04 Å². The van der Waals surface area contributed by atoms with Crippen molar-refractivity contribution in [2.24, 2.45) is 17.8 Å². The molecule has 2 N–H and O–H groups in total. The number of carboxylic acids is 1. The predicted molar refractivity (Wildman–Crippen MR) is 78.8 cm³/mol. The first-order chi connectivity index (χ1) is 10.0. The zero-order valence-corrected chi connectivity index (χ0v) is 12.4. The molecule has 2 fully saturated rings. The Morgan fingerprint density at radius 3 is 2.52 bits per heavy atom. The Hall–Kier alpha value is -1.84. The van der Waals surface area contributed by atoms with Crippen molar-refractivity contribution >= 4 is 11.9 Å². The Kier molecular flexibility index (Phi) is 3.47. The molecule has 1 amide bonds. The van der Waals surface area contributed by atoms with Crippen LogP contribution in [0.2, 0.25) is 0 Å². The lowest BCUT2D eigenvalue weighted by Gasteiger charge is -2.18. The Morgan fingerprint density at radius 1 is 1.24 bits per heavy atom. The highest BCUT2D eigenvalue weighted by molar-refractivity contribution is 5.88. The number of carbonyl (C=O) groups is 2. The van der Waals surface area contributed by atoms with Crippen molar-refractivity contribution in [1.29, 1.82) is 0 Å². The quantitative estimate of drug-likeness (QED) is 0.894. The van der Waals surface area contributed by atoms with Gasteiger partial charge in [-0.3, -0.25) is 4.79 Å². The van der Waals surface area contributed by atoms with Gasteiger partial charge < -0.3 is 10.4 Å². The summed E-state index contributed by atoms with van der Waals surface area (Å²) in [6, 6.07) is 4.63. The fourth-order valence-electron chi connectivity index (χ4n) is 3.81. The number of fused-ring (bicyclic) bond motifs is 1. The molecule has 0 aliphatic heterocycles. The summed E-state index contributed by atoms with van der Waals surface area (Å²) in [5.41, 5.74) is 2.65. The van der Waals surface area contributed by atoms with Gasteiger partial charge in [-0.25, -0.2) is 4.79 Å². The molecule has 0 radical (unpaired) electrons. The average Bonchev–Trinajstić information content (AvgIpc) is 2.92. The first kappa shape index (κ1) is 14.1. The van der Waals surface area contributed by atoms with E-state index in [1.165, 1.54) is 6.42 Å². The van der Waals surface area contributed by atoms with Crippen molar-refractivity contribution in [3.63, 3.8) is 0 Å². The molecule has 3 atom stereocenters. The van der Waals surface area contributed by atoms with E-state index in [0.717, 1.165) is 24.0 Å². The molecule has 4 nitrogen and oxygen atoms in total. The van der Waals surface area contributed by atoms with Crippen molar-refractivity contribution in [3.8, 4) is 0 Å². The summed E-state index contributed by atoms with van der Waals surface area (Å²) < 4.78 is 0. The summed E-state index contributed by atoms with van der Waals surface area (Å²) in [5, 5.41) is 12.2. The standard InChI is InChI=1S/C17H21NO3/c1-9-5-3-6-11(10(9)2)15(17(20)21)18-16(19)14-12-7-4-8-13(12)14/h3,5-6,12-15H,4,7-8H2,1-2H3,(H,18,19)(H,20,21). The van der Waals surface area contributed by atoms with E-state index >= 15 is 0 Å². The molecule has 0 heterocycles. The van der Waals surface area contributed by atoms with E-state index in [1.807, 2.05) is 26.0 Å². The first-order valence-corrected chi connectivity index (χ1v) is 7.60. The molecule has 2 aliphatic carbocycles. The number of carbonyl (C=O) groups excluding carboxylic acids is 1. The minimum Gasteiger partial charge on any atom is -0.479 e. The van der Waals surface area contributed by atoms with Crippen LogP contribution in [0.4, 0.5) is 0 Å². The van der Waals surface area contributed by atoms with Crippen molar-refractivity contribution in [2.45, 2.75) is 39.2 Å². The van der Waals surface area contributed by atoms with Gasteiger partial charge in [0.25, 0.3) is 0 Å². The molecular weight excluding hydrogens is 266 g/mol. The third-order valence-corrected chi connectivity index (χ3v) is 5.20. The molecule has 1 aromatic carbocycles. The fourth-order valence-corrected chi connectivity index (χ4v) is 3.81. The number of hydrogen-bond acceptors (Lipinski definition) is 2. The van der Waals surface area contributed by atoms with Gasteiger partial charge in [-0.15, -0.1) is 0 Å². The van der Waals surface area contributed by atoms with E-state index in [4.69, 9.17) is 0 Å². The number of rotatable bonds is 4. The minimum absolute atomic E-state index is 0.0470. The number of nitrogens with one attached hydrogen (secondary N) is 1.